The molecule has 118 valence electrons. The largest absolute Gasteiger partial charge is 0.374 e. The van der Waals surface area contributed by atoms with Gasteiger partial charge in [0.05, 0.1) is 18.8 Å². The van der Waals surface area contributed by atoms with Crippen LogP contribution in [0.25, 0.3) is 0 Å². The molecule has 5 nitrogen and oxygen atoms in total. The fraction of sp³-hybridized carbons (Fsp3) is 0.471. The maximum atomic E-state index is 6.10. The van der Waals surface area contributed by atoms with Crippen LogP contribution in [-0.4, -0.2) is 59.9 Å². The third-order valence-electron chi connectivity index (χ3n) is 4.23. The van der Waals surface area contributed by atoms with Gasteiger partial charge in [0.15, 0.2) is 0 Å². The summed E-state index contributed by atoms with van der Waals surface area (Å²) in [4.78, 5) is 4.68. The van der Waals surface area contributed by atoms with Gasteiger partial charge >= 0.3 is 0 Å². The Balaban J connectivity index is 1.69. The van der Waals surface area contributed by atoms with Crippen LogP contribution in [0.4, 0.5) is 0 Å². The molecule has 2 aromatic rings. The zero-order valence-electron chi connectivity index (χ0n) is 13.3. The summed E-state index contributed by atoms with van der Waals surface area (Å²) < 4.78 is 6.10. The quantitative estimate of drug-likeness (QED) is 0.916. The number of rotatable bonds is 5. The summed E-state index contributed by atoms with van der Waals surface area (Å²) in [5.41, 5.74) is 2.45. The van der Waals surface area contributed by atoms with Gasteiger partial charge in [-0.15, -0.1) is 0 Å². The van der Waals surface area contributed by atoms with Crippen molar-refractivity contribution in [2.45, 2.75) is 18.7 Å². The fourth-order valence-corrected chi connectivity index (χ4v) is 3.17. The van der Waals surface area contributed by atoms with Crippen LogP contribution in [0.15, 0.2) is 42.6 Å². The highest BCUT2D eigenvalue weighted by atomic mass is 16.5. The number of nitrogens with one attached hydrogen (secondary N) is 1. The van der Waals surface area contributed by atoms with Crippen molar-refractivity contribution in [2.24, 2.45) is 0 Å². The first-order chi connectivity index (χ1) is 10.7. The van der Waals surface area contributed by atoms with Crippen LogP contribution in [0.1, 0.15) is 17.3 Å². The van der Waals surface area contributed by atoms with Crippen LogP contribution < -0.4 is 0 Å². The van der Waals surface area contributed by atoms with E-state index >= 15 is 0 Å². The summed E-state index contributed by atoms with van der Waals surface area (Å²) in [5.74, 6) is 0. The van der Waals surface area contributed by atoms with Crippen LogP contribution in [-0.2, 0) is 11.3 Å². The summed E-state index contributed by atoms with van der Waals surface area (Å²) >= 11 is 0. The Morgan fingerprint density at radius 2 is 2.14 bits per heavy atom. The van der Waals surface area contributed by atoms with Gasteiger partial charge in [0, 0.05) is 31.5 Å². The van der Waals surface area contributed by atoms with E-state index < -0.39 is 0 Å². The fourth-order valence-electron chi connectivity index (χ4n) is 3.17. The van der Waals surface area contributed by atoms with Crippen molar-refractivity contribution in [2.75, 3.05) is 33.8 Å². The number of likely N-dealkylation sites (N-methyl/N-ethyl adjacent to an activating group) is 2. The Bertz CT molecular complexity index is 557. The van der Waals surface area contributed by atoms with Crippen molar-refractivity contribution in [1.82, 2.24) is 20.0 Å². The summed E-state index contributed by atoms with van der Waals surface area (Å²) in [7, 11) is 4.31. The predicted octanol–water partition coefficient (Wildman–Crippen LogP) is 1.91. The Morgan fingerprint density at radius 1 is 1.32 bits per heavy atom. The average molecular weight is 300 g/mol. The topological polar surface area (TPSA) is 44.4 Å². The van der Waals surface area contributed by atoms with Crippen LogP contribution in [0.3, 0.4) is 0 Å². The minimum atomic E-state index is 0.175. The van der Waals surface area contributed by atoms with E-state index in [0.29, 0.717) is 6.04 Å². The number of nitrogens with zero attached hydrogens (tertiary/aromatic N) is 3. The zero-order chi connectivity index (χ0) is 15.4. The number of benzene rings is 1. The van der Waals surface area contributed by atoms with Gasteiger partial charge in [-0.05, 0) is 25.7 Å². The van der Waals surface area contributed by atoms with Crippen molar-refractivity contribution in [3.05, 3.63) is 53.9 Å². The first kappa shape index (κ1) is 15.2. The molecule has 1 saturated heterocycles. The van der Waals surface area contributed by atoms with Gasteiger partial charge in [-0.2, -0.15) is 5.10 Å². The molecule has 0 saturated carbocycles. The number of morpholine rings is 1. The number of aromatic amines is 1. The Labute approximate surface area is 131 Å². The second-order valence-corrected chi connectivity index (χ2v) is 6.02. The van der Waals surface area contributed by atoms with E-state index in [4.69, 9.17) is 4.74 Å². The van der Waals surface area contributed by atoms with Crippen LogP contribution in [0, 0.1) is 0 Å². The normalized spacial score (nSPS) is 23.0. The molecule has 1 fully saturated rings. The van der Waals surface area contributed by atoms with Crippen molar-refractivity contribution < 1.29 is 4.74 Å². The molecule has 1 N–H and O–H groups in total. The maximum absolute atomic E-state index is 6.10. The summed E-state index contributed by atoms with van der Waals surface area (Å²) in [6.45, 7) is 3.51. The number of hydrogen-bond acceptors (Lipinski definition) is 4. The van der Waals surface area contributed by atoms with Gasteiger partial charge in [-0.1, -0.05) is 30.3 Å². The number of ether oxygens (including phenoxy) is 1. The van der Waals surface area contributed by atoms with E-state index in [0.717, 1.165) is 31.9 Å². The first-order valence-electron chi connectivity index (χ1n) is 7.77. The minimum Gasteiger partial charge on any atom is -0.374 e. The molecule has 5 heteroatoms. The monoisotopic (exact) mass is 300 g/mol. The molecule has 0 bridgehead atoms. The van der Waals surface area contributed by atoms with E-state index in [1.165, 1.54) is 5.56 Å². The third-order valence-corrected chi connectivity index (χ3v) is 4.23. The van der Waals surface area contributed by atoms with Gasteiger partial charge in [-0.3, -0.25) is 14.9 Å². The van der Waals surface area contributed by atoms with E-state index in [1.807, 2.05) is 6.07 Å². The van der Waals surface area contributed by atoms with E-state index in [9.17, 15) is 0 Å². The van der Waals surface area contributed by atoms with Gasteiger partial charge < -0.3 is 4.74 Å². The molecule has 3 rings (SSSR count). The predicted molar refractivity (Wildman–Crippen MR) is 86.5 cm³/mol. The minimum absolute atomic E-state index is 0.175. The molecule has 1 aromatic heterocycles. The van der Waals surface area contributed by atoms with Gasteiger partial charge in [0.2, 0.25) is 0 Å². The highest BCUT2D eigenvalue weighted by Crippen LogP contribution is 2.28. The first-order valence-corrected chi connectivity index (χ1v) is 7.77. The third kappa shape index (κ3) is 3.55. The highest BCUT2D eigenvalue weighted by molar-refractivity contribution is 5.21. The molecule has 22 heavy (non-hydrogen) atoms. The molecule has 0 aliphatic carbocycles. The SMILES string of the molecule is CN(Cc1ccn[nH]1)C[C@@H]1OCCN(C)[C@H]1c1ccccc1. The molecule has 0 amide bonds. The van der Waals surface area contributed by atoms with Crippen LogP contribution >= 0.6 is 0 Å². The number of hydrogen-bond donors (Lipinski definition) is 1. The van der Waals surface area contributed by atoms with E-state index in [2.05, 4.69) is 64.4 Å². The van der Waals surface area contributed by atoms with Crippen LogP contribution in [0.2, 0.25) is 0 Å². The molecule has 2 heterocycles. The molecule has 1 aliphatic rings. The summed E-state index contributed by atoms with van der Waals surface area (Å²) in [6.07, 6.45) is 1.97. The van der Waals surface area contributed by atoms with Crippen molar-refractivity contribution >= 4 is 0 Å². The molecule has 2 atom stereocenters. The van der Waals surface area contributed by atoms with Crippen LogP contribution in [0.5, 0.6) is 0 Å². The molecule has 0 unspecified atom stereocenters. The lowest BCUT2D eigenvalue weighted by Crippen LogP contribution is -2.47. The van der Waals surface area contributed by atoms with E-state index in [1.54, 1.807) is 6.20 Å². The summed E-state index contributed by atoms with van der Waals surface area (Å²) in [5, 5.41) is 7.02. The Morgan fingerprint density at radius 3 is 2.86 bits per heavy atom. The standard InChI is InChI=1S/C17H24N4O/c1-20(12-15-8-9-18-19-15)13-16-17(21(2)10-11-22-16)14-6-4-3-5-7-14/h3-9,16-17H,10-13H2,1-2H3,(H,18,19)/t16-,17-/m0/s1. The zero-order valence-corrected chi connectivity index (χ0v) is 13.3. The van der Waals surface area contributed by atoms with Crippen molar-refractivity contribution in [1.29, 1.82) is 0 Å². The van der Waals surface area contributed by atoms with Gasteiger partial charge in [-0.25, -0.2) is 0 Å². The maximum Gasteiger partial charge on any atom is 0.0898 e. The van der Waals surface area contributed by atoms with Crippen molar-refractivity contribution in [3.8, 4) is 0 Å². The molecule has 0 radical (unpaired) electrons. The smallest absolute Gasteiger partial charge is 0.0898 e. The second kappa shape index (κ2) is 7.05. The molecule has 1 aromatic carbocycles. The molecule has 1 aliphatic heterocycles. The second-order valence-electron chi connectivity index (χ2n) is 6.02. The molecular formula is C17H24N4O. The number of H-pyrrole nitrogens is 1. The van der Waals surface area contributed by atoms with Gasteiger partial charge in [0.25, 0.3) is 0 Å². The molecular weight excluding hydrogens is 276 g/mol. The lowest BCUT2D eigenvalue weighted by molar-refractivity contribution is -0.0743. The lowest BCUT2D eigenvalue weighted by atomic mass is 9.98. The summed E-state index contributed by atoms with van der Waals surface area (Å²) in [6, 6.07) is 13.0. The number of aromatic nitrogens is 2. The molecule has 0 spiro atoms. The van der Waals surface area contributed by atoms with Crippen molar-refractivity contribution in [3.63, 3.8) is 0 Å². The lowest BCUT2D eigenvalue weighted by Gasteiger charge is -2.40. The van der Waals surface area contributed by atoms with Gasteiger partial charge in [0.1, 0.15) is 0 Å². The van der Waals surface area contributed by atoms with E-state index in [-0.39, 0.29) is 6.10 Å². The highest BCUT2D eigenvalue weighted by Gasteiger charge is 2.32. The Hall–Kier alpha value is -1.69. The average Bonchev–Trinajstić information content (AvgIpc) is 3.01. The Kier molecular flexibility index (Phi) is 4.87.